The first kappa shape index (κ1) is 12.0. The van der Waals surface area contributed by atoms with Crippen LogP contribution in [0.4, 0.5) is 18.0 Å². The van der Waals surface area contributed by atoms with Crippen molar-refractivity contribution in [1.29, 1.82) is 0 Å². The van der Waals surface area contributed by atoms with Crippen molar-refractivity contribution in [3.05, 3.63) is 0 Å². The van der Waals surface area contributed by atoms with Crippen LogP contribution in [-0.2, 0) is 4.74 Å². The lowest BCUT2D eigenvalue weighted by Crippen LogP contribution is -2.27. The van der Waals surface area contributed by atoms with E-state index in [2.05, 4.69) is 15.8 Å². The van der Waals surface area contributed by atoms with Gasteiger partial charge in [-0.3, -0.25) is 0 Å². The summed E-state index contributed by atoms with van der Waals surface area (Å²) in [5.74, 6) is 0. The van der Waals surface area contributed by atoms with E-state index >= 15 is 0 Å². The van der Waals surface area contributed by atoms with Crippen molar-refractivity contribution >= 4 is 6.09 Å². The van der Waals surface area contributed by atoms with Crippen LogP contribution in [-0.4, -0.2) is 32.0 Å². The van der Waals surface area contributed by atoms with Crippen molar-refractivity contribution < 1.29 is 22.7 Å². The summed E-state index contributed by atoms with van der Waals surface area (Å²) in [4.78, 5) is 9.98. The molecule has 4 nitrogen and oxygen atoms in total. The molecular formula is C6H11F3N2O2. The summed E-state index contributed by atoms with van der Waals surface area (Å²) < 4.78 is 38.9. The van der Waals surface area contributed by atoms with E-state index in [0.717, 1.165) is 0 Å². The van der Waals surface area contributed by atoms with Crippen LogP contribution in [0.5, 0.6) is 0 Å². The van der Waals surface area contributed by atoms with Gasteiger partial charge in [0.2, 0.25) is 0 Å². The number of primary amides is 1. The summed E-state index contributed by atoms with van der Waals surface area (Å²) in [5.41, 5.74) is 4.61. The molecule has 0 unspecified atom stereocenters. The Kier molecular flexibility index (Phi) is 5.20. The van der Waals surface area contributed by atoms with Gasteiger partial charge < -0.3 is 15.8 Å². The van der Waals surface area contributed by atoms with E-state index in [1.165, 1.54) is 0 Å². The molecule has 0 bridgehead atoms. The maximum atomic E-state index is 11.5. The molecule has 0 aromatic heterocycles. The maximum Gasteiger partial charge on any atom is 0.404 e. The van der Waals surface area contributed by atoms with Gasteiger partial charge in [-0.15, -0.1) is 0 Å². The van der Waals surface area contributed by atoms with Gasteiger partial charge in [0, 0.05) is 13.1 Å². The van der Waals surface area contributed by atoms with E-state index in [-0.39, 0.29) is 19.7 Å². The summed E-state index contributed by atoms with van der Waals surface area (Å²) in [7, 11) is 0. The first-order chi connectivity index (χ1) is 5.92. The maximum absolute atomic E-state index is 11.5. The summed E-state index contributed by atoms with van der Waals surface area (Å²) in [6, 6.07) is 0. The van der Waals surface area contributed by atoms with Crippen LogP contribution < -0.4 is 11.1 Å². The number of nitrogens with two attached hydrogens (primary N) is 1. The lowest BCUT2D eigenvalue weighted by atomic mass is 10.4. The minimum Gasteiger partial charge on any atom is -0.448 e. The van der Waals surface area contributed by atoms with Gasteiger partial charge in [-0.25, -0.2) is 4.79 Å². The highest BCUT2D eigenvalue weighted by atomic mass is 19.4. The fraction of sp³-hybridized carbons (Fsp3) is 0.833. The van der Waals surface area contributed by atoms with Gasteiger partial charge in [0.05, 0.1) is 6.42 Å². The molecule has 0 spiro atoms. The minimum absolute atomic E-state index is 0.0206. The van der Waals surface area contributed by atoms with Crippen molar-refractivity contribution in [3.8, 4) is 0 Å². The smallest absolute Gasteiger partial charge is 0.404 e. The van der Waals surface area contributed by atoms with Gasteiger partial charge >= 0.3 is 12.3 Å². The van der Waals surface area contributed by atoms with Crippen LogP contribution in [0.3, 0.4) is 0 Å². The quantitative estimate of drug-likeness (QED) is 0.639. The number of amides is 1. The molecule has 0 rings (SSSR count). The second-order valence-electron chi connectivity index (χ2n) is 2.28. The van der Waals surface area contributed by atoms with Crippen molar-refractivity contribution in [3.63, 3.8) is 0 Å². The van der Waals surface area contributed by atoms with Crippen molar-refractivity contribution in [2.45, 2.75) is 12.6 Å². The first-order valence-electron chi connectivity index (χ1n) is 3.61. The molecule has 1 amide bonds. The van der Waals surface area contributed by atoms with Crippen LogP contribution in [0.2, 0.25) is 0 Å². The number of ether oxygens (including phenoxy) is 1. The van der Waals surface area contributed by atoms with Crippen LogP contribution in [0.15, 0.2) is 0 Å². The van der Waals surface area contributed by atoms with Crippen LogP contribution in [0, 0.1) is 0 Å². The van der Waals surface area contributed by atoms with Gasteiger partial charge in [0.25, 0.3) is 0 Å². The van der Waals surface area contributed by atoms with E-state index < -0.39 is 18.7 Å². The van der Waals surface area contributed by atoms with E-state index in [1.807, 2.05) is 0 Å². The van der Waals surface area contributed by atoms with Gasteiger partial charge in [-0.05, 0) is 0 Å². The molecule has 13 heavy (non-hydrogen) atoms. The van der Waals surface area contributed by atoms with E-state index in [0.29, 0.717) is 0 Å². The highest BCUT2D eigenvalue weighted by molar-refractivity contribution is 5.64. The SMILES string of the molecule is NC(=O)OCCNCCC(F)(F)F. The summed E-state index contributed by atoms with van der Waals surface area (Å²) in [6.07, 6.45) is -5.99. The second kappa shape index (κ2) is 5.63. The Morgan fingerprint density at radius 3 is 2.46 bits per heavy atom. The van der Waals surface area contributed by atoms with E-state index in [9.17, 15) is 18.0 Å². The third kappa shape index (κ3) is 11.0. The van der Waals surface area contributed by atoms with Gasteiger partial charge in [-0.2, -0.15) is 13.2 Å². The number of alkyl halides is 3. The second-order valence-corrected chi connectivity index (χ2v) is 2.28. The molecule has 0 radical (unpaired) electrons. The number of carbonyl (C=O) groups excluding carboxylic acids is 1. The molecule has 0 atom stereocenters. The molecule has 0 saturated carbocycles. The van der Waals surface area contributed by atoms with Crippen LogP contribution >= 0.6 is 0 Å². The monoisotopic (exact) mass is 200 g/mol. The fourth-order valence-corrected chi connectivity index (χ4v) is 0.579. The molecular weight excluding hydrogens is 189 g/mol. The average molecular weight is 200 g/mol. The Balaban J connectivity index is 3.13. The zero-order valence-electron chi connectivity index (χ0n) is 6.86. The van der Waals surface area contributed by atoms with Crippen LogP contribution in [0.1, 0.15) is 6.42 Å². The van der Waals surface area contributed by atoms with Crippen LogP contribution in [0.25, 0.3) is 0 Å². The Labute approximate surface area is 73.2 Å². The third-order valence-electron chi connectivity index (χ3n) is 1.11. The number of halogens is 3. The van der Waals surface area contributed by atoms with Crippen molar-refractivity contribution in [2.24, 2.45) is 5.73 Å². The highest BCUT2D eigenvalue weighted by Gasteiger charge is 2.25. The highest BCUT2D eigenvalue weighted by Crippen LogP contribution is 2.17. The van der Waals surface area contributed by atoms with Crippen molar-refractivity contribution in [2.75, 3.05) is 19.7 Å². The molecule has 78 valence electrons. The molecule has 0 heterocycles. The Bertz CT molecular complexity index is 160. The molecule has 0 aromatic rings. The zero-order valence-corrected chi connectivity index (χ0v) is 6.86. The molecule has 0 aliphatic rings. The van der Waals surface area contributed by atoms with E-state index in [4.69, 9.17) is 0 Å². The number of carbonyl (C=O) groups is 1. The molecule has 0 fully saturated rings. The Morgan fingerprint density at radius 1 is 1.38 bits per heavy atom. The van der Waals surface area contributed by atoms with E-state index in [1.54, 1.807) is 0 Å². The lowest BCUT2D eigenvalue weighted by molar-refractivity contribution is -0.133. The first-order valence-corrected chi connectivity index (χ1v) is 3.61. The standard InChI is InChI=1S/C6H11F3N2O2/c7-6(8,9)1-2-11-3-4-13-5(10)12/h11H,1-4H2,(H2,10,12). The fourth-order valence-electron chi connectivity index (χ4n) is 0.579. The Morgan fingerprint density at radius 2 is 2.00 bits per heavy atom. The molecule has 0 aromatic carbocycles. The lowest BCUT2D eigenvalue weighted by Gasteiger charge is -2.07. The molecule has 0 aliphatic carbocycles. The summed E-state index contributed by atoms with van der Waals surface area (Å²) in [5, 5.41) is 2.44. The Hall–Kier alpha value is -0.980. The minimum atomic E-state index is -4.16. The molecule has 0 aliphatic heterocycles. The number of hydrogen-bond acceptors (Lipinski definition) is 3. The van der Waals surface area contributed by atoms with Gasteiger partial charge in [-0.1, -0.05) is 0 Å². The summed E-state index contributed by atoms with van der Waals surface area (Å²) in [6.45, 7) is -0.0438. The number of rotatable bonds is 5. The number of nitrogens with one attached hydrogen (secondary N) is 1. The molecule has 7 heteroatoms. The molecule has 3 N–H and O–H groups in total. The van der Waals surface area contributed by atoms with Gasteiger partial charge in [0.1, 0.15) is 6.61 Å². The number of hydrogen-bond donors (Lipinski definition) is 2. The predicted molar refractivity (Wildman–Crippen MR) is 39.1 cm³/mol. The summed E-state index contributed by atoms with van der Waals surface area (Å²) >= 11 is 0. The predicted octanol–water partition coefficient (Wildman–Crippen LogP) is 0.624. The van der Waals surface area contributed by atoms with Gasteiger partial charge in [0.15, 0.2) is 0 Å². The topological polar surface area (TPSA) is 64.4 Å². The molecule has 0 saturated heterocycles. The largest absolute Gasteiger partial charge is 0.448 e. The van der Waals surface area contributed by atoms with Crippen molar-refractivity contribution in [1.82, 2.24) is 5.32 Å². The average Bonchev–Trinajstić information content (AvgIpc) is 1.93. The third-order valence-corrected chi connectivity index (χ3v) is 1.11. The zero-order chi connectivity index (χ0) is 10.3. The normalized spacial score (nSPS) is 11.3.